The Balaban J connectivity index is 2.12. The summed E-state index contributed by atoms with van der Waals surface area (Å²) in [5, 5.41) is 15.1. The standard InChI is InChI=1S/C17H23BrN2O/c1-4-14(5-2)20-9-8-13(19-20)11-17(21)15-10-12(3)6-7-16(15)18/h6-10,14,17,21H,4-5,11H2,1-3H3. The number of benzene rings is 1. The van der Waals surface area contributed by atoms with Crippen molar-refractivity contribution in [2.75, 3.05) is 0 Å². The van der Waals surface area contributed by atoms with Gasteiger partial charge in [-0.25, -0.2) is 0 Å². The smallest absolute Gasteiger partial charge is 0.0857 e. The number of hydrogen-bond acceptors (Lipinski definition) is 2. The summed E-state index contributed by atoms with van der Waals surface area (Å²) in [6.45, 7) is 6.38. The molecule has 2 aromatic rings. The first kappa shape index (κ1) is 16.2. The molecule has 1 heterocycles. The van der Waals surface area contributed by atoms with E-state index in [1.807, 2.05) is 42.1 Å². The highest BCUT2D eigenvalue weighted by Crippen LogP contribution is 2.27. The van der Waals surface area contributed by atoms with Crippen LogP contribution in [0.15, 0.2) is 34.9 Å². The summed E-state index contributed by atoms with van der Waals surface area (Å²) in [5.41, 5.74) is 3.00. The Kier molecular flexibility index (Phi) is 5.59. The molecule has 1 N–H and O–H groups in total. The van der Waals surface area contributed by atoms with E-state index in [4.69, 9.17) is 0 Å². The molecule has 0 amide bonds. The van der Waals surface area contributed by atoms with Crippen LogP contribution in [0.25, 0.3) is 0 Å². The molecule has 0 aliphatic rings. The second-order valence-corrected chi connectivity index (χ2v) is 6.36. The van der Waals surface area contributed by atoms with Gasteiger partial charge in [-0.1, -0.05) is 47.5 Å². The lowest BCUT2D eigenvalue weighted by Gasteiger charge is -2.14. The molecule has 2 rings (SSSR count). The van der Waals surface area contributed by atoms with Crippen molar-refractivity contribution >= 4 is 15.9 Å². The number of nitrogens with zero attached hydrogens (tertiary/aromatic N) is 2. The highest BCUT2D eigenvalue weighted by atomic mass is 79.9. The largest absolute Gasteiger partial charge is 0.388 e. The first-order valence-electron chi connectivity index (χ1n) is 7.53. The average Bonchev–Trinajstić information content (AvgIpc) is 2.91. The van der Waals surface area contributed by atoms with Crippen LogP contribution in [0.2, 0.25) is 0 Å². The number of aryl methyl sites for hydroxylation is 1. The van der Waals surface area contributed by atoms with Crippen molar-refractivity contribution in [3.63, 3.8) is 0 Å². The summed E-state index contributed by atoms with van der Waals surface area (Å²) in [7, 11) is 0. The molecule has 0 saturated carbocycles. The van der Waals surface area contributed by atoms with Crippen molar-refractivity contribution in [3.8, 4) is 0 Å². The van der Waals surface area contributed by atoms with Crippen LogP contribution in [0.4, 0.5) is 0 Å². The monoisotopic (exact) mass is 350 g/mol. The first-order valence-corrected chi connectivity index (χ1v) is 8.32. The third kappa shape index (κ3) is 3.95. The summed E-state index contributed by atoms with van der Waals surface area (Å²) in [6, 6.07) is 8.48. The van der Waals surface area contributed by atoms with Crippen LogP contribution in [-0.2, 0) is 6.42 Å². The maximum atomic E-state index is 10.5. The topological polar surface area (TPSA) is 38.0 Å². The Morgan fingerprint density at radius 1 is 1.24 bits per heavy atom. The lowest BCUT2D eigenvalue weighted by molar-refractivity contribution is 0.176. The number of rotatable bonds is 6. The van der Waals surface area contributed by atoms with Gasteiger partial charge >= 0.3 is 0 Å². The van der Waals surface area contributed by atoms with E-state index in [0.29, 0.717) is 12.5 Å². The Morgan fingerprint density at radius 2 is 1.95 bits per heavy atom. The van der Waals surface area contributed by atoms with Crippen molar-refractivity contribution in [2.45, 2.75) is 52.2 Å². The van der Waals surface area contributed by atoms with E-state index in [1.54, 1.807) is 0 Å². The minimum absolute atomic E-state index is 0.446. The highest BCUT2D eigenvalue weighted by Gasteiger charge is 2.15. The minimum Gasteiger partial charge on any atom is -0.388 e. The molecule has 1 unspecified atom stereocenters. The van der Waals surface area contributed by atoms with Crippen LogP contribution in [0.5, 0.6) is 0 Å². The molecular formula is C17H23BrN2O. The van der Waals surface area contributed by atoms with Crippen molar-refractivity contribution < 1.29 is 5.11 Å². The Bertz CT molecular complexity index is 590. The molecule has 0 aliphatic carbocycles. The van der Waals surface area contributed by atoms with Gasteiger partial charge in [-0.15, -0.1) is 0 Å². The van der Waals surface area contributed by atoms with Gasteiger partial charge in [-0.05, 0) is 37.5 Å². The predicted molar refractivity (Wildman–Crippen MR) is 89.4 cm³/mol. The van der Waals surface area contributed by atoms with E-state index in [2.05, 4.69) is 34.9 Å². The zero-order valence-electron chi connectivity index (χ0n) is 12.9. The minimum atomic E-state index is -0.538. The summed E-state index contributed by atoms with van der Waals surface area (Å²) in [5.74, 6) is 0. The molecule has 1 aromatic heterocycles. The molecule has 0 spiro atoms. The lowest BCUT2D eigenvalue weighted by atomic mass is 10.0. The second-order valence-electron chi connectivity index (χ2n) is 5.50. The number of aromatic nitrogens is 2. The number of hydrogen-bond donors (Lipinski definition) is 1. The zero-order valence-corrected chi connectivity index (χ0v) is 14.5. The fourth-order valence-electron chi connectivity index (χ4n) is 2.58. The number of aliphatic hydroxyl groups is 1. The summed E-state index contributed by atoms with van der Waals surface area (Å²) < 4.78 is 2.97. The van der Waals surface area contributed by atoms with E-state index in [1.165, 1.54) is 0 Å². The molecule has 114 valence electrons. The van der Waals surface area contributed by atoms with Crippen molar-refractivity contribution in [1.29, 1.82) is 0 Å². The van der Waals surface area contributed by atoms with Crippen LogP contribution < -0.4 is 0 Å². The van der Waals surface area contributed by atoms with E-state index in [9.17, 15) is 5.11 Å². The third-order valence-electron chi connectivity index (χ3n) is 3.89. The SMILES string of the molecule is CCC(CC)n1ccc(CC(O)c2cc(C)ccc2Br)n1. The van der Waals surface area contributed by atoms with Gasteiger partial charge in [0.2, 0.25) is 0 Å². The zero-order chi connectivity index (χ0) is 15.4. The summed E-state index contributed by atoms with van der Waals surface area (Å²) >= 11 is 3.51. The van der Waals surface area contributed by atoms with Gasteiger partial charge in [-0.3, -0.25) is 4.68 Å². The predicted octanol–water partition coefficient (Wildman–Crippen LogP) is 4.59. The van der Waals surface area contributed by atoms with Crippen LogP contribution in [0.1, 0.15) is 55.7 Å². The molecule has 0 radical (unpaired) electrons. The fourth-order valence-corrected chi connectivity index (χ4v) is 3.09. The molecule has 0 fully saturated rings. The van der Waals surface area contributed by atoms with E-state index in [0.717, 1.165) is 34.1 Å². The molecule has 3 nitrogen and oxygen atoms in total. The highest BCUT2D eigenvalue weighted by molar-refractivity contribution is 9.10. The van der Waals surface area contributed by atoms with Crippen LogP contribution in [0.3, 0.4) is 0 Å². The maximum Gasteiger partial charge on any atom is 0.0857 e. The molecular weight excluding hydrogens is 328 g/mol. The fraction of sp³-hybridized carbons (Fsp3) is 0.471. The second kappa shape index (κ2) is 7.23. The van der Waals surface area contributed by atoms with Gasteiger partial charge in [0, 0.05) is 17.1 Å². The van der Waals surface area contributed by atoms with Gasteiger partial charge in [0.15, 0.2) is 0 Å². The maximum absolute atomic E-state index is 10.5. The Hall–Kier alpha value is -1.13. The summed E-state index contributed by atoms with van der Waals surface area (Å²) in [4.78, 5) is 0. The molecule has 1 atom stereocenters. The van der Waals surface area contributed by atoms with Gasteiger partial charge in [0.05, 0.1) is 17.8 Å². The van der Waals surface area contributed by atoms with E-state index >= 15 is 0 Å². The van der Waals surface area contributed by atoms with E-state index in [-0.39, 0.29) is 0 Å². The first-order chi connectivity index (χ1) is 10.0. The molecule has 21 heavy (non-hydrogen) atoms. The molecule has 0 bridgehead atoms. The lowest BCUT2D eigenvalue weighted by Crippen LogP contribution is -2.09. The van der Waals surface area contributed by atoms with E-state index < -0.39 is 6.10 Å². The van der Waals surface area contributed by atoms with Crippen LogP contribution >= 0.6 is 15.9 Å². The molecule has 4 heteroatoms. The normalized spacial score (nSPS) is 12.9. The Morgan fingerprint density at radius 3 is 2.62 bits per heavy atom. The molecule has 0 saturated heterocycles. The quantitative estimate of drug-likeness (QED) is 0.827. The average molecular weight is 351 g/mol. The van der Waals surface area contributed by atoms with Gasteiger partial charge in [-0.2, -0.15) is 5.10 Å². The summed E-state index contributed by atoms with van der Waals surface area (Å²) in [6.07, 6.45) is 4.16. The number of aliphatic hydroxyl groups excluding tert-OH is 1. The van der Waals surface area contributed by atoms with Crippen molar-refractivity contribution in [3.05, 3.63) is 51.8 Å². The van der Waals surface area contributed by atoms with Crippen molar-refractivity contribution in [1.82, 2.24) is 9.78 Å². The van der Waals surface area contributed by atoms with Gasteiger partial charge in [0.25, 0.3) is 0 Å². The molecule has 1 aromatic carbocycles. The van der Waals surface area contributed by atoms with Gasteiger partial charge < -0.3 is 5.11 Å². The molecule has 0 aliphatic heterocycles. The third-order valence-corrected chi connectivity index (χ3v) is 4.62. The Labute approximate surface area is 135 Å². The van der Waals surface area contributed by atoms with Crippen LogP contribution in [0, 0.1) is 6.92 Å². The van der Waals surface area contributed by atoms with Crippen molar-refractivity contribution in [2.24, 2.45) is 0 Å². The van der Waals surface area contributed by atoms with Gasteiger partial charge in [0.1, 0.15) is 0 Å². The number of halogens is 1. The van der Waals surface area contributed by atoms with Crippen LogP contribution in [-0.4, -0.2) is 14.9 Å².